The summed E-state index contributed by atoms with van der Waals surface area (Å²) in [5.41, 5.74) is -1.48. The number of hydrogen-bond donors (Lipinski definition) is 0. The highest BCUT2D eigenvalue weighted by Gasteiger charge is 2.33. The summed E-state index contributed by atoms with van der Waals surface area (Å²) in [5.74, 6) is 0. The quantitative estimate of drug-likeness (QED) is 0.614. The van der Waals surface area contributed by atoms with Gasteiger partial charge in [-0.3, -0.25) is 10.1 Å². The molecular formula is C14H8F3N3O2S. The van der Waals surface area contributed by atoms with Crippen LogP contribution in [0.4, 0.5) is 18.9 Å². The maximum atomic E-state index is 12.9. The van der Waals surface area contributed by atoms with Crippen molar-refractivity contribution in [1.82, 2.24) is 4.98 Å². The van der Waals surface area contributed by atoms with Crippen LogP contribution in [0, 0.1) is 28.4 Å². The van der Waals surface area contributed by atoms with Gasteiger partial charge < -0.3 is 0 Å². The second kappa shape index (κ2) is 6.26. The molecule has 2 aromatic rings. The van der Waals surface area contributed by atoms with Crippen molar-refractivity contribution in [3.8, 4) is 6.07 Å². The summed E-state index contributed by atoms with van der Waals surface area (Å²) in [7, 11) is 0. The molecule has 2 rings (SSSR count). The SMILES string of the molecule is Cc1nc(Sc2ccc(C#N)c(C(F)(F)F)c2)ccc1[N+](=O)[O-]. The molecule has 0 saturated heterocycles. The first-order valence-corrected chi connectivity index (χ1v) is 6.95. The third-order valence-electron chi connectivity index (χ3n) is 2.87. The van der Waals surface area contributed by atoms with Crippen molar-refractivity contribution in [3.63, 3.8) is 0 Å². The number of benzene rings is 1. The molecule has 0 spiro atoms. The van der Waals surface area contributed by atoms with E-state index in [1.54, 1.807) is 0 Å². The molecule has 0 N–H and O–H groups in total. The van der Waals surface area contributed by atoms with Crippen LogP contribution in [0.1, 0.15) is 16.8 Å². The lowest BCUT2D eigenvalue weighted by Crippen LogP contribution is -2.07. The fourth-order valence-electron chi connectivity index (χ4n) is 1.82. The fraction of sp³-hybridized carbons (Fsp3) is 0.143. The highest BCUT2D eigenvalue weighted by molar-refractivity contribution is 7.99. The normalized spacial score (nSPS) is 11.1. The Morgan fingerprint density at radius 3 is 2.52 bits per heavy atom. The second-order valence-electron chi connectivity index (χ2n) is 4.43. The zero-order chi connectivity index (χ0) is 17.2. The molecule has 0 fully saturated rings. The summed E-state index contributed by atoms with van der Waals surface area (Å²) in [6.07, 6.45) is -4.64. The number of alkyl halides is 3. The average molecular weight is 339 g/mol. The Morgan fingerprint density at radius 2 is 2.00 bits per heavy atom. The molecule has 0 aliphatic rings. The van der Waals surface area contributed by atoms with Crippen LogP contribution in [0.25, 0.3) is 0 Å². The van der Waals surface area contributed by atoms with E-state index < -0.39 is 22.2 Å². The number of aryl methyl sites for hydroxylation is 1. The topological polar surface area (TPSA) is 79.8 Å². The van der Waals surface area contributed by atoms with E-state index in [9.17, 15) is 23.3 Å². The summed E-state index contributed by atoms with van der Waals surface area (Å²) >= 11 is 0.929. The van der Waals surface area contributed by atoms with Gasteiger partial charge in [0.1, 0.15) is 10.7 Å². The Hall–Kier alpha value is -2.60. The molecule has 23 heavy (non-hydrogen) atoms. The summed E-state index contributed by atoms with van der Waals surface area (Å²) in [4.78, 5) is 14.4. The zero-order valence-corrected chi connectivity index (χ0v) is 12.4. The van der Waals surface area contributed by atoms with Crippen LogP contribution in [0.15, 0.2) is 40.3 Å². The number of aromatic nitrogens is 1. The van der Waals surface area contributed by atoms with Crippen LogP contribution in [0.5, 0.6) is 0 Å². The molecule has 1 aromatic carbocycles. The standard InChI is InChI=1S/C14H8F3N3O2S/c1-8-12(20(21)22)4-5-13(19-8)23-10-3-2-9(7-18)11(6-10)14(15,16)17/h2-6H,1H3. The average Bonchev–Trinajstić information content (AvgIpc) is 2.46. The Bertz CT molecular complexity index is 816. The number of hydrogen-bond acceptors (Lipinski definition) is 5. The van der Waals surface area contributed by atoms with E-state index in [0.29, 0.717) is 5.03 Å². The molecule has 0 aliphatic carbocycles. The largest absolute Gasteiger partial charge is 0.417 e. The number of nitriles is 1. The molecule has 1 aromatic heterocycles. The molecule has 1 heterocycles. The molecule has 0 aliphatic heterocycles. The van der Waals surface area contributed by atoms with Crippen molar-refractivity contribution in [2.24, 2.45) is 0 Å². The molecule has 0 bridgehead atoms. The van der Waals surface area contributed by atoms with Crippen LogP contribution in [-0.4, -0.2) is 9.91 Å². The molecule has 0 radical (unpaired) electrons. The van der Waals surface area contributed by atoms with Gasteiger partial charge in [-0.1, -0.05) is 11.8 Å². The Balaban J connectivity index is 2.36. The van der Waals surface area contributed by atoms with Gasteiger partial charge in [-0.15, -0.1) is 0 Å². The van der Waals surface area contributed by atoms with E-state index in [4.69, 9.17) is 5.26 Å². The monoisotopic (exact) mass is 339 g/mol. The van der Waals surface area contributed by atoms with Gasteiger partial charge in [0.25, 0.3) is 5.69 Å². The third kappa shape index (κ3) is 3.78. The van der Waals surface area contributed by atoms with Crippen molar-refractivity contribution in [2.45, 2.75) is 23.0 Å². The van der Waals surface area contributed by atoms with E-state index in [1.165, 1.54) is 31.2 Å². The summed E-state index contributed by atoms with van der Waals surface area (Å²) in [5, 5.41) is 19.8. The van der Waals surface area contributed by atoms with Gasteiger partial charge in [0, 0.05) is 11.0 Å². The van der Waals surface area contributed by atoms with Crippen molar-refractivity contribution < 1.29 is 18.1 Å². The molecule has 9 heteroatoms. The minimum atomic E-state index is -4.64. The number of nitrogens with zero attached hydrogens (tertiary/aromatic N) is 3. The van der Waals surface area contributed by atoms with Crippen LogP contribution in [0.2, 0.25) is 0 Å². The molecule has 0 saturated carbocycles. The number of pyridine rings is 1. The number of nitro groups is 1. The van der Waals surface area contributed by atoms with Gasteiger partial charge in [-0.25, -0.2) is 4.98 Å². The Labute approximate surface area is 132 Å². The third-order valence-corrected chi connectivity index (χ3v) is 3.79. The van der Waals surface area contributed by atoms with Gasteiger partial charge in [0.2, 0.25) is 0 Å². The van der Waals surface area contributed by atoms with Crippen molar-refractivity contribution in [2.75, 3.05) is 0 Å². The summed E-state index contributed by atoms with van der Waals surface area (Å²) in [6.45, 7) is 1.45. The summed E-state index contributed by atoms with van der Waals surface area (Å²) < 4.78 is 38.7. The van der Waals surface area contributed by atoms with Gasteiger partial charge in [0.05, 0.1) is 22.1 Å². The van der Waals surface area contributed by atoms with Gasteiger partial charge in [0.15, 0.2) is 0 Å². The first-order chi connectivity index (χ1) is 10.7. The Morgan fingerprint density at radius 1 is 1.30 bits per heavy atom. The predicted octanol–water partition coefficient (Wildman–Crippen LogP) is 4.34. The van der Waals surface area contributed by atoms with Gasteiger partial charge >= 0.3 is 6.18 Å². The minimum Gasteiger partial charge on any atom is -0.258 e. The van der Waals surface area contributed by atoms with Crippen LogP contribution in [0.3, 0.4) is 0 Å². The van der Waals surface area contributed by atoms with Gasteiger partial charge in [-0.05, 0) is 31.2 Å². The van der Waals surface area contributed by atoms with E-state index in [-0.39, 0.29) is 16.3 Å². The minimum absolute atomic E-state index is 0.162. The van der Waals surface area contributed by atoms with Crippen LogP contribution >= 0.6 is 11.8 Å². The van der Waals surface area contributed by atoms with Crippen LogP contribution < -0.4 is 0 Å². The number of rotatable bonds is 3. The van der Waals surface area contributed by atoms with E-state index in [1.807, 2.05) is 0 Å². The molecule has 0 amide bonds. The zero-order valence-electron chi connectivity index (χ0n) is 11.6. The maximum Gasteiger partial charge on any atom is 0.417 e. The highest BCUT2D eigenvalue weighted by Crippen LogP contribution is 2.36. The second-order valence-corrected chi connectivity index (χ2v) is 5.52. The lowest BCUT2D eigenvalue weighted by molar-refractivity contribution is -0.385. The van der Waals surface area contributed by atoms with Crippen molar-refractivity contribution in [1.29, 1.82) is 5.26 Å². The fourth-order valence-corrected chi connectivity index (χ4v) is 2.69. The first kappa shape index (κ1) is 16.8. The first-order valence-electron chi connectivity index (χ1n) is 6.13. The maximum absolute atomic E-state index is 12.9. The van der Waals surface area contributed by atoms with E-state index in [2.05, 4.69) is 4.98 Å². The highest BCUT2D eigenvalue weighted by atomic mass is 32.2. The Kier molecular flexibility index (Phi) is 4.56. The van der Waals surface area contributed by atoms with E-state index >= 15 is 0 Å². The molecule has 118 valence electrons. The molecule has 5 nitrogen and oxygen atoms in total. The van der Waals surface area contributed by atoms with Crippen molar-refractivity contribution in [3.05, 3.63) is 57.3 Å². The van der Waals surface area contributed by atoms with Gasteiger partial charge in [-0.2, -0.15) is 18.4 Å². The predicted molar refractivity (Wildman–Crippen MR) is 75.9 cm³/mol. The summed E-state index contributed by atoms with van der Waals surface area (Å²) in [6, 6.07) is 7.44. The molecular weight excluding hydrogens is 331 g/mol. The number of halogens is 3. The van der Waals surface area contributed by atoms with Crippen LogP contribution in [-0.2, 0) is 6.18 Å². The lowest BCUT2D eigenvalue weighted by Gasteiger charge is -2.10. The van der Waals surface area contributed by atoms with Crippen molar-refractivity contribution >= 4 is 17.4 Å². The van der Waals surface area contributed by atoms with E-state index in [0.717, 1.165) is 23.9 Å². The lowest BCUT2D eigenvalue weighted by atomic mass is 10.1. The smallest absolute Gasteiger partial charge is 0.258 e. The molecule has 0 atom stereocenters. The molecule has 0 unspecified atom stereocenters.